The molecule has 0 radical (unpaired) electrons. The van der Waals surface area contributed by atoms with Gasteiger partial charge in [0.1, 0.15) is 0 Å². The molecule has 0 atom stereocenters. The van der Waals surface area contributed by atoms with Crippen molar-refractivity contribution in [1.29, 1.82) is 0 Å². The van der Waals surface area contributed by atoms with Gasteiger partial charge in [-0.3, -0.25) is 4.79 Å². The molecule has 0 saturated carbocycles. The van der Waals surface area contributed by atoms with Crippen molar-refractivity contribution in [3.8, 4) is 0 Å². The minimum atomic E-state index is 0.190. The van der Waals surface area contributed by atoms with Gasteiger partial charge in [0, 0.05) is 11.8 Å². The molecule has 0 aromatic rings. The highest BCUT2D eigenvalue weighted by atomic mass is 32.2. The van der Waals surface area contributed by atoms with E-state index in [0.29, 0.717) is 11.0 Å². The average molecular weight is 216 g/mol. The summed E-state index contributed by atoms with van der Waals surface area (Å²) in [5.41, 5.74) is 0. The van der Waals surface area contributed by atoms with Crippen LogP contribution in [-0.2, 0) is 4.79 Å². The molecular weight excluding hydrogens is 196 g/mol. The van der Waals surface area contributed by atoms with Crippen molar-refractivity contribution in [3.05, 3.63) is 0 Å². The number of thioether (sulfide) groups is 1. The van der Waals surface area contributed by atoms with E-state index in [9.17, 15) is 4.79 Å². The predicted molar refractivity (Wildman–Crippen MR) is 61.7 cm³/mol. The molecule has 0 bridgehead atoms. The van der Waals surface area contributed by atoms with Crippen LogP contribution in [0.4, 0.5) is 0 Å². The van der Waals surface area contributed by atoms with Gasteiger partial charge in [0.25, 0.3) is 0 Å². The summed E-state index contributed by atoms with van der Waals surface area (Å²) < 4.78 is 0. The Balaban J connectivity index is 2.03. The third-order valence-corrected chi connectivity index (χ3v) is 3.68. The Labute approximate surface area is 90.4 Å². The first-order valence-corrected chi connectivity index (χ1v) is 6.47. The van der Waals surface area contributed by atoms with E-state index < -0.39 is 0 Å². The molecule has 14 heavy (non-hydrogen) atoms. The fourth-order valence-corrected chi connectivity index (χ4v) is 2.53. The van der Waals surface area contributed by atoms with Crippen LogP contribution in [-0.4, -0.2) is 36.5 Å². The Morgan fingerprint density at radius 1 is 1.50 bits per heavy atom. The first kappa shape index (κ1) is 11.9. The molecule has 0 spiro atoms. The van der Waals surface area contributed by atoms with Gasteiger partial charge in [0.2, 0.25) is 5.91 Å². The minimum Gasteiger partial charge on any atom is -0.355 e. The Hall–Kier alpha value is -0.220. The first-order valence-electron chi connectivity index (χ1n) is 5.42. The predicted octanol–water partition coefficient (Wildman–Crippen LogP) is 0.998. The maximum Gasteiger partial charge on any atom is 0.230 e. The van der Waals surface area contributed by atoms with Crippen LogP contribution in [0.2, 0.25) is 0 Å². The number of rotatable bonds is 5. The van der Waals surface area contributed by atoms with Gasteiger partial charge in [-0.2, -0.15) is 0 Å². The lowest BCUT2D eigenvalue weighted by molar-refractivity contribution is -0.118. The standard InChI is InChI=1S/C10H20N2OS/c1-2-5-12-10(13)8-14-9-3-6-11-7-4-9/h9,11H,2-8H2,1H3,(H,12,13). The monoisotopic (exact) mass is 216 g/mol. The van der Waals surface area contributed by atoms with E-state index in [1.807, 2.05) is 0 Å². The van der Waals surface area contributed by atoms with Crippen LogP contribution >= 0.6 is 11.8 Å². The zero-order chi connectivity index (χ0) is 10.2. The van der Waals surface area contributed by atoms with Crippen LogP contribution in [0.15, 0.2) is 0 Å². The first-order chi connectivity index (χ1) is 6.83. The molecule has 1 heterocycles. The third kappa shape index (κ3) is 4.86. The van der Waals surface area contributed by atoms with Crippen LogP contribution in [0, 0.1) is 0 Å². The number of hydrogen-bond donors (Lipinski definition) is 2. The minimum absolute atomic E-state index is 0.190. The molecule has 2 N–H and O–H groups in total. The summed E-state index contributed by atoms with van der Waals surface area (Å²) in [5.74, 6) is 0.820. The van der Waals surface area contributed by atoms with E-state index in [2.05, 4.69) is 17.6 Å². The van der Waals surface area contributed by atoms with Crippen LogP contribution < -0.4 is 10.6 Å². The van der Waals surface area contributed by atoms with Crippen molar-refractivity contribution < 1.29 is 4.79 Å². The lowest BCUT2D eigenvalue weighted by Gasteiger charge is -2.21. The zero-order valence-electron chi connectivity index (χ0n) is 8.84. The molecule has 0 unspecified atom stereocenters. The van der Waals surface area contributed by atoms with Crippen LogP contribution in [0.1, 0.15) is 26.2 Å². The Kier molecular flexibility index (Phi) is 6.03. The van der Waals surface area contributed by atoms with E-state index in [4.69, 9.17) is 0 Å². The normalized spacial score (nSPS) is 18.1. The average Bonchev–Trinajstić information content (AvgIpc) is 2.25. The topological polar surface area (TPSA) is 41.1 Å². The molecule has 4 heteroatoms. The number of hydrogen-bond acceptors (Lipinski definition) is 3. The van der Waals surface area contributed by atoms with E-state index >= 15 is 0 Å². The van der Waals surface area contributed by atoms with E-state index in [1.165, 1.54) is 12.8 Å². The van der Waals surface area contributed by atoms with E-state index in [-0.39, 0.29) is 5.91 Å². The highest BCUT2D eigenvalue weighted by Crippen LogP contribution is 2.19. The highest BCUT2D eigenvalue weighted by Gasteiger charge is 2.14. The van der Waals surface area contributed by atoms with E-state index in [1.54, 1.807) is 11.8 Å². The van der Waals surface area contributed by atoms with Crippen molar-refractivity contribution >= 4 is 17.7 Å². The smallest absolute Gasteiger partial charge is 0.230 e. The molecule has 1 aliphatic heterocycles. The molecular formula is C10H20N2OS. The summed E-state index contributed by atoms with van der Waals surface area (Å²) in [6.45, 7) is 5.09. The summed E-state index contributed by atoms with van der Waals surface area (Å²) in [6, 6.07) is 0. The van der Waals surface area contributed by atoms with Gasteiger partial charge in [-0.15, -0.1) is 11.8 Å². The van der Waals surface area contributed by atoms with Crippen molar-refractivity contribution in [1.82, 2.24) is 10.6 Å². The molecule has 3 nitrogen and oxygen atoms in total. The van der Waals surface area contributed by atoms with Crippen molar-refractivity contribution in [2.75, 3.05) is 25.4 Å². The lowest BCUT2D eigenvalue weighted by Crippen LogP contribution is -2.31. The molecule has 1 amide bonds. The number of piperidine rings is 1. The highest BCUT2D eigenvalue weighted by molar-refractivity contribution is 8.00. The number of amides is 1. The van der Waals surface area contributed by atoms with Gasteiger partial charge in [-0.05, 0) is 32.4 Å². The molecule has 1 fully saturated rings. The summed E-state index contributed by atoms with van der Waals surface area (Å²) in [7, 11) is 0. The van der Waals surface area contributed by atoms with Gasteiger partial charge in [0.05, 0.1) is 5.75 Å². The fourth-order valence-electron chi connectivity index (χ4n) is 1.47. The summed E-state index contributed by atoms with van der Waals surface area (Å²) in [5, 5.41) is 6.90. The molecule has 0 aromatic carbocycles. The molecule has 1 rings (SSSR count). The zero-order valence-corrected chi connectivity index (χ0v) is 9.66. The number of carbonyl (C=O) groups is 1. The van der Waals surface area contributed by atoms with Gasteiger partial charge >= 0.3 is 0 Å². The maximum absolute atomic E-state index is 11.3. The SMILES string of the molecule is CCCNC(=O)CSC1CCNCC1. The molecule has 0 aromatic heterocycles. The van der Waals surface area contributed by atoms with Crippen molar-refractivity contribution in [2.45, 2.75) is 31.4 Å². The number of nitrogens with one attached hydrogen (secondary N) is 2. The van der Waals surface area contributed by atoms with Crippen LogP contribution in [0.3, 0.4) is 0 Å². The van der Waals surface area contributed by atoms with Crippen LogP contribution in [0.25, 0.3) is 0 Å². The Morgan fingerprint density at radius 3 is 2.86 bits per heavy atom. The summed E-state index contributed by atoms with van der Waals surface area (Å²) in [6.07, 6.45) is 3.42. The van der Waals surface area contributed by atoms with Gasteiger partial charge in [-0.1, -0.05) is 6.92 Å². The molecule has 1 aliphatic rings. The Bertz CT molecular complexity index is 170. The van der Waals surface area contributed by atoms with Crippen molar-refractivity contribution in [3.63, 3.8) is 0 Å². The second-order valence-corrected chi connectivity index (χ2v) is 4.90. The Morgan fingerprint density at radius 2 is 2.21 bits per heavy atom. The molecule has 1 saturated heterocycles. The summed E-state index contributed by atoms with van der Waals surface area (Å²) in [4.78, 5) is 11.3. The molecule has 0 aliphatic carbocycles. The van der Waals surface area contributed by atoms with Gasteiger partial charge in [0.15, 0.2) is 0 Å². The third-order valence-electron chi connectivity index (χ3n) is 2.31. The van der Waals surface area contributed by atoms with Gasteiger partial charge < -0.3 is 10.6 Å². The van der Waals surface area contributed by atoms with Gasteiger partial charge in [-0.25, -0.2) is 0 Å². The maximum atomic E-state index is 11.3. The fraction of sp³-hybridized carbons (Fsp3) is 0.900. The lowest BCUT2D eigenvalue weighted by atomic mass is 10.2. The van der Waals surface area contributed by atoms with Crippen LogP contribution in [0.5, 0.6) is 0 Å². The number of carbonyl (C=O) groups excluding carboxylic acids is 1. The quantitative estimate of drug-likeness (QED) is 0.720. The second kappa shape index (κ2) is 7.12. The van der Waals surface area contributed by atoms with E-state index in [0.717, 1.165) is 26.1 Å². The van der Waals surface area contributed by atoms with Crippen molar-refractivity contribution in [2.24, 2.45) is 0 Å². The molecule has 82 valence electrons. The largest absolute Gasteiger partial charge is 0.355 e. The second-order valence-electron chi connectivity index (χ2n) is 3.61. The summed E-state index contributed by atoms with van der Waals surface area (Å²) >= 11 is 1.80.